The van der Waals surface area contributed by atoms with Gasteiger partial charge in [0.1, 0.15) is 6.61 Å². The fraction of sp³-hybridized carbons (Fsp3) is 0.188. The van der Waals surface area contributed by atoms with E-state index in [1.54, 1.807) is 11.1 Å². The third kappa shape index (κ3) is 1.98. The van der Waals surface area contributed by atoms with Crippen molar-refractivity contribution in [2.75, 3.05) is 18.1 Å². The zero-order chi connectivity index (χ0) is 14.2. The molecule has 104 valence electrons. The van der Waals surface area contributed by atoms with Crippen molar-refractivity contribution in [3.05, 3.63) is 59.4 Å². The largest absolute Gasteiger partial charge is 0.447 e. The number of hydrogen-bond acceptors (Lipinski definition) is 4. The number of rotatable bonds is 2. The SMILES string of the molecule is O=C1OCCN1c1ccc2c(c1)C(c1cccnc1)=NC2. The third-order valence-corrected chi connectivity index (χ3v) is 3.76. The number of cyclic esters (lactones) is 1. The van der Waals surface area contributed by atoms with Crippen LogP contribution >= 0.6 is 0 Å². The van der Waals surface area contributed by atoms with Gasteiger partial charge in [-0.05, 0) is 29.8 Å². The van der Waals surface area contributed by atoms with Crippen molar-refractivity contribution in [3.63, 3.8) is 0 Å². The maximum Gasteiger partial charge on any atom is 0.414 e. The van der Waals surface area contributed by atoms with E-state index < -0.39 is 0 Å². The molecular weight excluding hydrogens is 266 g/mol. The highest BCUT2D eigenvalue weighted by molar-refractivity contribution is 6.15. The molecule has 0 N–H and O–H groups in total. The third-order valence-electron chi connectivity index (χ3n) is 3.76. The van der Waals surface area contributed by atoms with Gasteiger partial charge in [-0.1, -0.05) is 6.07 Å². The molecule has 1 fully saturated rings. The minimum Gasteiger partial charge on any atom is -0.447 e. The maximum atomic E-state index is 11.7. The summed E-state index contributed by atoms with van der Waals surface area (Å²) in [5.74, 6) is 0. The maximum absolute atomic E-state index is 11.7. The van der Waals surface area contributed by atoms with Gasteiger partial charge in [-0.2, -0.15) is 0 Å². The Labute approximate surface area is 121 Å². The van der Waals surface area contributed by atoms with Crippen LogP contribution in [0.4, 0.5) is 10.5 Å². The number of amides is 1. The van der Waals surface area contributed by atoms with Crippen LogP contribution in [0.2, 0.25) is 0 Å². The quantitative estimate of drug-likeness (QED) is 0.848. The number of nitrogens with zero attached hydrogens (tertiary/aromatic N) is 3. The molecule has 0 saturated carbocycles. The van der Waals surface area contributed by atoms with Gasteiger partial charge >= 0.3 is 6.09 Å². The van der Waals surface area contributed by atoms with E-state index in [1.165, 1.54) is 5.56 Å². The number of carbonyl (C=O) groups is 1. The van der Waals surface area contributed by atoms with Gasteiger partial charge in [0.15, 0.2) is 0 Å². The topological polar surface area (TPSA) is 54.8 Å². The highest BCUT2D eigenvalue weighted by atomic mass is 16.6. The predicted octanol–water partition coefficient (Wildman–Crippen LogP) is 2.39. The highest BCUT2D eigenvalue weighted by Gasteiger charge is 2.26. The second-order valence-corrected chi connectivity index (χ2v) is 5.01. The van der Waals surface area contributed by atoms with E-state index in [-0.39, 0.29) is 6.09 Å². The second kappa shape index (κ2) is 4.70. The van der Waals surface area contributed by atoms with Gasteiger partial charge in [-0.3, -0.25) is 14.9 Å². The average Bonchev–Trinajstić information content (AvgIpc) is 3.13. The number of fused-ring (bicyclic) bond motifs is 1. The van der Waals surface area contributed by atoms with E-state index >= 15 is 0 Å². The lowest BCUT2D eigenvalue weighted by Crippen LogP contribution is -2.23. The minimum atomic E-state index is -0.284. The van der Waals surface area contributed by atoms with Crippen LogP contribution in [0.5, 0.6) is 0 Å². The van der Waals surface area contributed by atoms with E-state index in [0.717, 1.165) is 22.5 Å². The normalized spacial score (nSPS) is 16.7. The number of hydrogen-bond donors (Lipinski definition) is 0. The first kappa shape index (κ1) is 12.1. The molecule has 5 heteroatoms. The van der Waals surface area contributed by atoms with Crippen molar-refractivity contribution >= 4 is 17.5 Å². The van der Waals surface area contributed by atoms with Crippen molar-refractivity contribution in [1.29, 1.82) is 0 Å². The van der Waals surface area contributed by atoms with Crippen LogP contribution in [0.15, 0.2) is 47.7 Å². The zero-order valence-electron chi connectivity index (χ0n) is 11.3. The summed E-state index contributed by atoms with van der Waals surface area (Å²) >= 11 is 0. The molecule has 0 unspecified atom stereocenters. The minimum absolute atomic E-state index is 0.284. The molecule has 2 aliphatic heterocycles. The molecule has 0 radical (unpaired) electrons. The fourth-order valence-electron chi connectivity index (χ4n) is 2.72. The van der Waals surface area contributed by atoms with Crippen LogP contribution in [0.1, 0.15) is 16.7 Å². The molecule has 21 heavy (non-hydrogen) atoms. The molecule has 3 heterocycles. The van der Waals surface area contributed by atoms with Crippen molar-refractivity contribution in [1.82, 2.24) is 4.98 Å². The molecular formula is C16H13N3O2. The Hall–Kier alpha value is -2.69. The summed E-state index contributed by atoms with van der Waals surface area (Å²) in [4.78, 5) is 22.1. The van der Waals surface area contributed by atoms with Crippen molar-refractivity contribution in [2.45, 2.75) is 6.54 Å². The van der Waals surface area contributed by atoms with Crippen LogP contribution < -0.4 is 4.90 Å². The summed E-state index contributed by atoms with van der Waals surface area (Å²) in [5.41, 5.74) is 5.03. The van der Waals surface area contributed by atoms with Gasteiger partial charge in [-0.15, -0.1) is 0 Å². The molecule has 1 amide bonds. The number of benzene rings is 1. The lowest BCUT2D eigenvalue weighted by Gasteiger charge is -2.14. The van der Waals surface area contributed by atoms with E-state index in [4.69, 9.17) is 4.74 Å². The predicted molar refractivity (Wildman–Crippen MR) is 78.7 cm³/mol. The average molecular weight is 279 g/mol. The highest BCUT2D eigenvalue weighted by Crippen LogP contribution is 2.28. The van der Waals surface area contributed by atoms with Crippen LogP contribution in [-0.4, -0.2) is 29.9 Å². The Kier molecular flexibility index (Phi) is 2.70. The molecule has 1 aromatic carbocycles. The second-order valence-electron chi connectivity index (χ2n) is 5.01. The molecule has 2 aliphatic rings. The van der Waals surface area contributed by atoms with Crippen molar-refractivity contribution < 1.29 is 9.53 Å². The van der Waals surface area contributed by atoms with E-state index in [9.17, 15) is 4.79 Å². The Morgan fingerprint density at radius 1 is 1.24 bits per heavy atom. The molecule has 2 aromatic rings. The summed E-state index contributed by atoms with van der Waals surface area (Å²) in [6, 6.07) is 9.90. The van der Waals surface area contributed by atoms with E-state index in [1.807, 2.05) is 36.5 Å². The summed E-state index contributed by atoms with van der Waals surface area (Å²) in [6.07, 6.45) is 3.27. The Morgan fingerprint density at radius 3 is 2.95 bits per heavy atom. The number of pyridine rings is 1. The van der Waals surface area contributed by atoms with Crippen LogP contribution in [0, 0.1) is 0 Å². The Morgan fingerprint density at radius 2 is 2.19 bits per heavy atom. The van der Waals surface area contributed by atoms with Crippen molar-refractivity contribution in [3.8, 4) is 0 Å². The summed E-state index contributed by atoms with van der Waals surface area (Å²) < 4.78 is 5.00. The van der Waals surface area contributed by atoms with E-state index in [0.29, 0.717) is 19.7 Å². The number of aliphatic imine (C=N–C) groups is 1. The summed E-state index contributed by atoms with van der Waals surface area (Å²) in [6.45, 7) is 1.71. The Bertz CT molecular complexity index is 740. The van der Waals surface area contributed by atoms with Gasteiger partial charge in [-0.25, -0.2) is 4.79 Å². The number of carbonyl (C=O) groups excluding carboxylic acids is 1. The standard InChI is InChI=1S/C16H13N3O2/c20-16-19(6-7-21-16)13-4-3-11-10-18-15(14(11)8-13)12-2-1-5-17-9-12/h1-5,8-9H,6-7,10H2. The first-order valence-corrected chi connectivity index (χ1v) is 6.85. The van der Waals surface area contributed by atoms with E-state index in [2.05, 4.69) is 9.98 Å². The van der Waals surface area contributed by atoms with Gasteiger partial charge in [0.2, 0.25) is 0 Å². The van der Waals surface area contributed by atoms with Gasteiger partial charge in [0.25, 0.3) is 0 Å². The van der Waals surface area contributed by atoms with Crippen LogP contribution in [0.3, 0.4) is 0 Å². The summed E-state index contributed by atoms with van der Waals surface area (Å²) in [7, 11) is 0. The molecule has 4 rings (SSSR count). The van der Waals surface area contributed by atoms with Gasteiger partial charge in [0, 0.05) is 29.2 Å². The number of anilines is 1. The number of ether oxygens (including phenoxy) is 1. The molecule has 1 aromatic heterocycles. The molecule has 5 nitrogen and oxygen atoms in total. The Balaban J connectivity index is 1.75. The van der Waals surface area contributed by atoms with Crippen LogP contribution in [0.25, 0.3) is 0 Å². The van der Waals surface area contributed by atoms with Crippen LogP contribution in [-0.2, 0) is 11.3 Å². The van der Waals surface area contributed by atoms with Gasteiger partial charge in [0.05, 0.1) is 18.8 Å². The zero-order valence-corrected chi connectivity index (χ0v) is 11.3. The first-order valence-electron chi connectivity index (χ1n) is 6.85. The van der Waals surface area contributed by atoms with Gasteiger partial charge < -0.3 is 4.74 Å². The number of aromatic nitrogens is 1. The smallest absolute Gasteiger partial charge is 0.414 e. The first-order chi connectivity index (χ1) is 10.3. The molecule has 0 bridgehead atoms. The lowest BCUT2D eigenvalue weighted by atomic mass is 10.0. The molecule has 0 atom stereocenters. The van der Waals surface area contributed by atoms with Crippen molar-refractivity contribution in [2.24, 2.45) is 4.99 Å². The molecule has 0 aliphatic carbocycles. The summed E-state index contributed by atoms with van der Waals surface area (Å²) in [5, 5.41) is 0. The lowest BCUT2D eigenvalue weighted by molar-refractivity contribution is 0.181. The fourth-order valence-corrected chi connectivity index (χ4v) is 2.72. The monoisotopic (exact) mass is 279 g/mol. The molecule has 0 spiro atoms. The molecule has 1 saturated heterocycles.